The van der Waals surface area contributed by atoms with E-state index in [2.05, 4.69) is 4.98 Å². The Hall–Kier alpha value is -2.16. The predicted octanol–water partition coefficient (Wildman–Crippen LogP) is 2.66. The number of benzene rings is 1. The number of pyridine rings is 1. The van der Waals surface area contributed by atoms with Crippen molar-refractivity contribution in [2.45, 2.75) is 6.92 Å². The Morgan fingerprint density at radius 3 is 2.69 bits per heavy atom. The van der Waals surface area contributed by atoms with Crippen molar-refractivity contribution in [3.8, 4) is 16.9 Å². The molecule has 16 heavy (non-hydrogen) atoms. The second kappa shape index (κ2) is 4.14. The third-order valence-corrected chi connectivity index (χ3v) is 2.37. The molecule has 0 aliphatic heterocycles. The van der Waals surface area contributed by atoms with E-state index < -0.39 is 0 Å². The monoisotopic (exact) mass is 213 g/mol. The lowest BCUT2D eigenvalue weighted by Gasteiger charge is -2.05. The number of ketones is 1. The number of phenolic OH excluding ortho intramolecular Hbond substituents is 1. The summed E-state index contributed by atoms with van der Waals surface area (Å²) in [6.45, 7) is 1.43. The number of hydrogen-bond acceptors (Lipinski definition) is 3. The topological polar surface area (TPSA) is 50.2 Å². The molecule has 1 N–H and O–H groups in total. The predicted molar refractivity (Wildman–Crippen MR) is 61.3 cm³/mol. The lowest BCUT2D eigenvalue weighted by atomic mass is 10.0. The molecule has 0 amide bonds. The zero-order valence-electron chi connectivity index (χ0n) is 8.84. The highest BCUT2D eigenvalue weighted by atomic mass is 16.3. The minimum absolute atomic E-state index is 0.0140. The highest BCUT2D eigenvalue weighted by molar-refractivity contribution is 5.97. The van der Waals surface area contributed by atoms with Gasteiger partial charge < -0.3 is 5.11 Å². The number of nitrogens with zero attached hydrogens (tertiary/aromatic N) is 1. The first-order valence-electron chi connectivity index (χ1n) is 4.93. The molecule has 1 heterocycles. The Morgan fingerprint density at radius 1 is 1.25 bits per heavy atom. The summed E-state index contributed by atoms with van der Waals surface area (Å²) < 4.78 is 0. The van der Waals surface area contributed by atoms with Crippen LogP contribution in [0.5, 0.6) is 5.75 Å². The molecule has 0 atom stereocenters. The van der Waals surface area contributed by atoms with E-state index >= 15 is 0 Å². The number of phenols is 1. The van der Waals surface area contributed by atoms with Crippen LogP contribution in [0, 0.1) is 0 Å². The van der Waals surface area contributed by atoms with Gasteiger partial charge in [-0.15, -0.1) is 0 Å². The minimum Gasteiger partial charge on any atom is -0.507 e. The number of carbonyl (C=O) groups is 1. The second-order valence-corrected chi connectivity index (χ2v) is 3.53. The zero-order valence-corrected chi connectivity index (χ0v) is 8.84. The summed E-state index contributed by atoms with van der Waals surface area (Å²) in [6.07, 6.45) is 3.41. The molecule has 80 valence electrons. The van der Waals surface area contributed by atoms with Gasteiger partial charge in [-0.1, -0.05) is 12.1 Å². The Kier molecular flexibility index (Phi) is 2.68. The molecule has 0 saturated heterocycles. The largest absolute Gasteiger partial charge is 0.507 e. The van der Waals surface area contributed by atoms with Gasteiger partial charge >= 0.3 is 0 Å². The maximum Gasteiger partial charge on any atom is 0.163 e. The molecule has 0 bridgehead atoms. The lowest BCUT2D eigenvalue weighted by Crippen LogP contribution is -1.93. The van der Waals surface area contributed by atoms with Crippen LogP contribution in [0.4, 0.5) is 0 Å². The Bertz CT molecular complexity index is 521. The molecule has 3 heteroatoms. The quantitative estimate of drug-likeness (QED) is 0.780. The van der Waals surface area contributed by atoms with Crippen molar-refractivity contribution < 1.29 is 9.90 Å². The number of Topliss-reactive ketones (excluding diaryl/α,β-unsaturated/α-hetero) is 1. The summed E-state index contributed by atoms with van der Waals surface area (Å²) in [4.78, 5) is 15.3. The normalized spacial score (nSPS) is 10.1. The van der Waals surface area contributed by atoms with E-state index in [0.717, 1.165) is 11.1 Å². The molecule has 0 aliphatic rings. The SMILES string of the molecule is CC(=O)c1cc(-c2cccnc2)ccc1O. The first kappa shape index (κ1) is 10.4. The molecular weight excluding hydrogens is 202 g/mol. The van der Waals surface area contributed by atoms with Crippen LogP contribution in [-0.2, 0) is 0 Å². The van der Waals surface area contributed by atoms with E-state index in [-0.39, 0.29) is 11.5 Å². The molecule has 0 spiro atoms. The third kappa shape index (κ3) is 1.93. The van der Waals surface area contributed by atoms with Crippen LogP contribution >= 0.6 is 0 Å². The van der Waals surface area contributed by atoms with Gasteiger partial charge in [0.05, 0.1) is 5.56 Å². The van der Waals surface area contributed by atoms with Crippen molar-refractivity contribution in [3.05, 3.63) is 48.3 Å². The van der Waals surface area contributed by atoms with Crippen molar-refractivity contribution in [2.24, 2.45) is 0 Å². The van der Waals surface area contributed by atoms with Crippen molar-refractivity contribution in [2.75, 3.05) is 0 Å². The molecule has 0 saturated carbocycles. The molecule has 0 aliphatic carbocycles. The van der Waals surface area contributed by atoms with Gasteiger partial charge in [-0.3, -0.25) is 9.78 Å². The Labute approximate surface area is 93.4 Å². The lowest BCUT2D eigenvalue weighted by molar-refractivity contribution is 0.101. The molecule has 3 nitrogen and oxygen atoms in total. The smallest absolute Gasteiger partial charge is 0.163 e. The van der Waals surface area contributed by atoms with Crippen LogP contribution in [0.15, 0.2) is 42.7 Å². The van der Waals surface area contributed by atoms with Gasteiger partial charge in [0.1, 0.15) is 5.75 Å². The van der Waals surface area contributed by atoms with Gasteiger partial charge in [0.15, 0.2) is 5.78 Å². The minimum atomic E-state index is -0.150. The van der Waals surface area contributed by atoms with Gasteiger partial charge in [-0.05, 0) is 30.7 Å². The molecule has 1 aromatic carbocycles. The molecular formula is C13H11NO2. The van der Waals surface area contributed by atoms with Crippen LogP contribution in [-0.4, -0.2) is 15.9 Å². The summed E-state index contributed by atoms with van der Waals surface area (Å²) in [5.74, 6) is -0.136. The highest BCUT2D eigenvalue weighted by Gasteiger charge is 2.08. The molecule has 0 unspecified atom stereocenters. The number of aromatic hydroxyl groups is 1. The number of aromatic nitrogens is 1. The van der Waals surface area contributed by atoms with Crippen LogP contribution in [0.2, 0.25) is 0 Å². The summed E-state index contributed by atoms with van der Waals surface area (Å²) in [5.41, 5.74) is 2.13. The van der Waals surface area contributed by atoms with Gasteiger partial charge in [0.25, 0.3) is 0 Å². The molecule has 2 rings (SSSR count). The average molecular weight is 213 g/mol. The number of carbonyl (C=O) groups excluding carboxylic acids is 1. The molecule has 0 fully saturated rings. The number of hydrogen-bond donors (Lipinski definition) is 1. The fourth-order valence-corrected chi connectivity index (χ4v) is 1.53. The third-order valence-electron chi connectivity index (χ3n) is 2.37. The van der Waals surface area contributed by atoms with Gasteiger partial charge in [0, 0.05) is 18.0 Å². The van der Waals surface area contributed by atoms with E-state index in [0.29, 0.717) is 5.56 Å². The fraction of sp³-hybridized carbons (Fsp3) is 0.0769. The maximum atomic E-state index is 11.3. The standard InChI is InChI=1S/C13H11NO2/c1-9(15)12-7-10(4-5-13(12)16)11-3-2-6-14-8-11/h2-8,16H,1H3. The van der Waals surface area contributed by atoms with E-state index in [1.807, 2.05) is 12.1 Å². The van der Waals surface area contributed by atoms with Gasteiger partial charge in [0.2, 0.25) is 0 Å². The summed E-state index contributed by atoms with van der Waals surface area (Å²) >= 11 is 0. The van der Waals surface area contributed by atoms with Crippen molar-refractivity contribution in [3.63, 3.8) is 0 Å². The first-order chi connectivity index (χ1) is 7.68. The fourth-order valence-electron chi connectivity index (χ4n) is 1.53. The number of rotatable bonds is 2. The van der Waals surface area contributed by atoms with Gasteiger partial charge in [-0.2, -0.15) is 0 Å². The molecule has 1 aromatic heterocycles. The van der Waals surface area contributed by atoms with Crippen molar-refractivity contribution in [1.29, 1.82) is 0 Å². The zero-order chi connectivity index (χ0) is 11.5. The molecule has 2 aromatic rings. The van der Waals surface area contributed by atoms with Crippen LogP contribution in [0.3, 0.4) is 0 Å². The van der Waals surface area contributed by atoms with E-state index in [1.165, 1.54) is 13.0 Å². The second-order valence-electron chi connectivity index (χ2n) is 3.53. The molecule has 0 radical (unpaired) electrons. The van der Waals surface area contributed by atoms with Crippen LogP contribution < -0.4 is 0 Å². The maximum absolute atomic E-state index is 11.3. The van der Waals surface area contributed by atoms with Crippen molar-refractivity contribution >= 4 is 5.78 Å². The first-order valence-corrected chi connectivity index (χ1v) is 4.93. The summed E-state index contributed by atoms with van der Waals surface area (Å²) in [6, 6.07) is 8.70. The summed E-state index contributed by atoms with van der Waals surface area (Å²) in [5, 5.41) is 9.52. The Balaban J connectivity index is 2.52. The summed E-state index contributed by atoms with van der Waals surface area (Å²) in [7, 11) is 0. The average Bonchev–Trinajstić information content (AvgIpc) is 2.30. The highest BCUT2D eigenvalue weighted by Crippen LogP contribution is 2.25. The Morgan fingerprint density at radius 2 is 2.06 bits per heavy atom. The van der Waals surface area contributed by atoms with Crippen LogP contribution in [0.25, 0.3) is 11.1 Å². The van der Waals surface area contributed by atoms with E-state index in [9.17, 15) is 9.90 Å². The van der Waals surface area contributed by atoms with Crippen molar-refractivity contribution in [1.82, 2.24) is 4.98 Å². The van der Waals surface area contributed by atoms with E-state index in [4.69, 9.17) is 0 Å². The van der Waals surface area contributed by atoms with Gasteiger partial charge in [-0.25, -0.2) is 0 Å². The van der Waals surface area contributed by atoms with E-state index in [1.54, 1.807) is 24.5 Å². The van der Waals surface area contributed by atoms with Crippen LogP contribution in [0.1, 0.15) is 17.3 Å².